The Morgan fingerprint density at radius 1 is 1.16 bits per heavy atom. The molecule has 1 amide bonds. The molecule has 5 heterocycles. The standard InChI is InChI=1S/C19H18F3N7O.C2HF3O2/c20-19(21,22)13-7-25-29(10-13)16-3-2-12-9-28(18(30)17(12)26-16)15-6-14(23-8-15)11-27-5-1-4-24-27;3-2(4,5)1(6)7/h1-5,7,10,14-15,23H,6,8-9,11H2;(H,6,7)/t14-,15+;/m0./s1. The first-order valence-corrected chi connectivity index (χ1v) is 10.8. The molecule has 16 heteroatoms. The van der Waals surface area contributed by atoms with E-state index in [1.165, 1.54) is 0 Å². The van der Waals surface area contributed by atoms with E-state index in [2.05, 4.69) is 20.5 Å². The summed E-state index contributed by atoms with van der Waals surface area (Å²) in [6, 6.07) is 5.41. The van der Waals surface area contributed by atoms with Gasteiger partial charge in [-0.15, -0.1) is 0 Å². The summed E-state index contributed by atoms with van der Waals surface area (Å²) in [4.78, 5) is 27.9. The Bertz CT molecular complexity index is 1270. The number of rotatable bonds is 4. The number of aromatic nitrogens is 5. The van der Waals surface area contributed by atoms with E-state index < -0.39 is 23.9 Å². The zero-order valence-electron chi connectivity index (χ0n) is 18.7. The molecule has 1 saturated heterocycles. The number of pyridine rings is 1. The summed E-state index contributed by atoms with van der Waals surface area (Å²) in [5.74, 6) is -2.78. The molecule has 0 aliphatic carbocycles. The van der Waals surface area contributed by atoms with Crippen molar-refractivity contribution >= 4 is 11.9 Å². The van der Waals surface area contributed by atoms with E-state index >= 15 is 0 Å². The predicted octanol–water partition coefficient (Wildman–Crippen LogP) is 2.50. The van der Waals surface area contributed by atoms with Crippen LogP contribution >= 0.6 is 0 Å². The van der Waals surface area contributed by atoms with Crippen LogP contribution in [0.2, 0.25) is 0 Å². The number of carboxylic acids is 1. The lowest BCUT2D eigenvalue weighted by atomic mass is 10.1. The van der Waals surface area contributed by atoms with Crippen LogP contribution in [0.5, 0.6) is 0 Å². The number of nitrogens with one attached hydrogen (secondary N) is 1. The number of amides is 1. The molecule has 2 atom stereocenters. The van der Waals surface area contributed by atoms with Gasteiger partial charge in [0.2, 0.25) is 0 Å². The average Bonchev–Trinajstić information content (AvgIpc) is 3.61. The second kappa shape index (κ2) is 9.84. The first-order chi connectivity index (χ1) is 17.3. The molecule has 5 rings (SSSR count). The number of fused-ring (bicyclic) bond motifs is 1. The van der Waals surface area contributed by atoms with Gasteiger partial charge in [0.25, 0.3) is 5.91 Å². The van der Waals surface area contributed by atoms with Crippen molar-refractivity contribution in [3.8, 4) is 5.82 Å². The van der Waals surface area contributed by atoms with E-state index in [-0.39, 0.29) is 29.5 Å². The highest BCUT2D eigenvalue weighted by Crippen LogP contribution is 2.30. The Balaban J connectivity index is 0.000000405. The molecule has 2 aliphatic heterocycles. The average molecular weight is 531 g/mol. The molecule has 0 unspecified atom stereocenters. The first kappa shape index (κ1) is 26.1. The summed E-state index contributed by atoms with van der Waals surface area (Å²) in [6.07, 6.45) is -3.53. The molecular weight excluding hydrogens is 512 g/mol. The zero-order valence-corrected chi connectivity index (χ0v) is 18.7. The first-order valence-electron chi connectivity index (χ1n) is 10.8. The van der Waals surface area contributed by atoms with Gasteiger partial charge in [0.1, 0.15) is 5.69 Å². The van der Waals surface area contributed by atoms with Gasteiger partial charge < -0.3 is 15.3 Å². The third-order valence-electron chi connectivity index (χ3n) is 5.76. The maximum atomic E-state index is 13.0. The van der Waals surface area contributed by atoms with Gasteiger partial charge in [0.15, 0.2) is 5.82 Å². The zero-order chi connectivity index (χ0) is 27.0. The van der Waals surface area contributed by atoms with Crippen molar-refractivity contribution in [2.75, 3.05) is 6.54 Å². The van der Waals surface area contributed by atoms with Crippen molar-refractivity contribution in [1.82, 2.24) is 34.8 Å². The fourth-order valence-corrected chi connectivity index (χ4v) is 4.01. The number of aliphatic carboxylic acids is 1. The third-order valence-corrected chi connectivity index (χ3v) is 5.76. The molecule has 198 valence electrons. The second-order valence-electron chi connectivity index (χ2n) is 8.31. The lowest BCUT2D eigenvalue weighted by Gasteiger charge is -2.22. The topological polar surface area (TPSA) is 118 Å². The minimum Gasteiger partial charge on any atom is -0.475 e. The highest BCUT2D eigenvalue weighted by molar-refractivity contribution is 5.96. The molecule has 0 radical (unpaired) electrons. The summed E-state index contributed by atoms with van der Waals surface area (Å²) in [7, 11) is 0. The molecule has 0 aromatic carbocycles. The van der Waals surface area contributed by atoms with Crippen LogP contribution in [0, 0.1) is 0 Å². The maximum Gasteiger partial charge on any atom is 0.490 e. The van der Waals surface area contributed by atoms with Gasteiger partial charge in [-0.25, -0.2) is 14.5 Å². The van der Waals surface area contributed by atoms with Crippen molar-refractivity contribution in [3.63, 3.8) is 0 Å². The van der Waals surface area contributed by atoms with E-state index in [4.69, 9.17) is 9.90 Å². The van der Waals surface area contributed by atoms with Crippen LogP contribution in [-0.4, -0.2) is 71.2 Å². The minimum atomic E-state index is -5.08. The quantitative estimate of drug-likeness (QED) is 0.497. The number of carbonyl (C=O) groups is 2. The molecule has 2 N–H and O–H groups in total. The highest BCUT2D eigenvalue weighted by atomic mass is 19.4. The van der Waals surface area contributed by atoms with E-state index in [1.54, 1.807) is 23.2 Å². The fraction of sp³-hybridized carbons (Fsp3) is 0.381. The number of hydrogen-bond donors (Lipinski definition) is 2. The molecule has 10 nitrogen and oxygen atoms in total. The Labute approximate surface area is 204 Å². The molecule has 1 fully saturated rings. The van der Waals surface area contributed by atoms with E-state index in [0.29, 0.717) is 13.1 Å². The molecule has 0 saturated carbocycles. The lowest BCUT2D eigenvalue weighted by Crippen LogP contribution is -2.37. The molecule has 37 heavy (non-hydrogen) atoms. The number of halogens is 6. The van der Waals surface area contributed by atoms with Gasteiger partial charge in [-0.3, -0.25) is 9.48 Å². The Morgan fingerprint density at radius 2 is 1.89 bits per heavy atom. The molecule has 3 aromatic rings. The SMILES string of the molecule is O=C(O)C(F)(F)F.O=C1c2nc(-n3cc(C(F)(F)F)cn3)ccc2CN1[C@H]1CN[C@H](Cn2cccn2)C1. The molecule has 0 bridgehead atoms. The smallest absolute Gasteiger partial charge is 0.475 e. The molecule has 2 aliphatic rings. The monoisotopic (exact) mass is 531 g/mol. The number of alkyl halides is 6. The Hall–Kier alpha value is -3.95. The third kappa shape index (κ3) is 5.90. The van der Waals surface area contributed by atoms with Crippen LogP contribution in [-0.2, 0) is 24.1 Å². The molecule has 3 aromatic heterocycles. The Morgan fingerprint density at radius 3 is 2.49 bits per heavy atom. The van der Waals surface area contributed by atoms with Gasteiger partial charge >= 0.3 is 18.3 Å². The number of hydrogen-bond acceptors (Lipinski definition) is 6. The largest absolute Gasteiger partial charge is 0.490 e. The van der Waals surface area contributed by atoms with Crippen molar-refractivity contribution in [3.05, 3.63) is 59.8 Å². The van der Waals surface area contributed by atoms with Crippen molar-refractivity contribution in [2.45, 2.75) is 43.9 Å². The normalized spacial score (nSPS) is 19.5. The summed E-state index contributed by atoms with van der Waals surface area (Å²) in [5.41, 5.74) is 0.174. The summed E-state index contributed by atoms with van der Waals surface area (Å²) < 4.78 is 73.1. The van der Waals surface area contributed by atoms with Gasteiger partial charge in [-0.05, 0) is 18.6 Å². The van der Waals surface area contributed by atoms with Crippen LogP contribution < -0.4 is 5.32 Å². The van der Waals surface area contributed by atoms with Crippen molar-refractivity contribution in [1.29, 1.82) is 0 Å². The van der Waals surface area contributed by atoms with Gasteiger partial charge in [0, 0.05) is 49.3 Å². The minimum absolute atomic E-state index is 0.0252. The van der Waals surface area contributed by atoms with Crippen LogP contribution in [0.4, 0.5) is 26.3 Å². The van der Waals surface area contributed by atoms with Gasteiger partial charge in [0.05, 0.1) is 18.3 Å². The number of carboxylic acid groups (broad SMARTS) is 1. The van der Waals surface area contributed by atoms with E-state index in [9.17, 15) is 31.1 Å². The Kier molecular flexibility index (Phi) is 6.94. The lowest BCUT2D eigenvalue weighted by molar-refractivity contribution is -0.192. The predicted molar refractivity (Wildman–Crippen MR) is 112 cm³/mol. The molecule has 0 spiro atoms. The molecular formula is C21H19F6N7O3. The van der Waals surface area contributed by atoms with Crippen molar-refractivity contribution < 1.29 is 41.0 Å². The van der Waals surface area contributed by atoms with Crippen LogP contribution in [0.25, 0.3) is 5.82 Å². The number of carbonyl (C=O) groups excluding carboxylic acids is 1. The maximum absolute atomic E-state index is 13.0. The van der Waals surface area contributed by atoms with Gasteiger partial charge in [-0.2, -0.15) is 36.5 Å². The van der Waals surface area contributed by atoms with E-state index in [1.807, 2.05) is 16.9 Å². The summed E-state index contributed by atoms with van der Waals surface area (Å²) in [5, 5.41) is 18.5. The summed E-state index contributed by atoms with van der Waals surface area (Å²) in [6.45, 7) is 1.84. The van der Waals surface area contributed by atoms with Crippen LogP contribution in [0.3, 0.4) is 0 Å². The fourth-order valence-electron chi connectivity index (χ4n) is 4.01. The second-order valence-corrected chi connectivity index (χ2v) is 8.31. The van der Waals surface area contributed by atoms with Crippen LogP contribution in [0.1, 0.15) is 28.0 Å². The van der Waals surface area contributed by atoms with Crippen molar-refractivity contribution in [2.24, 2.45) is 0 Å². The van der Waals surface area contributed by atoms with Gasteiger partial charge in [-0.1, -0.05) is 6.07 Å². The van der Waals surface area contributed by atoms with E-state index in [0.717, 1.165) is 35.6 Å². The van der Waals surface area contributed by atoms with Crippen LogP contribution in [0.15, 0.2) is 43.0 Å². The summed E-state index contributed by atoms with van der Waals surface area (Å²) >= 11 is 0. The number of nitrogens with zero attached hydrogens (tertiary/aromatic N) is 6. The highest BCUT2D eigenvalue weighted by Gasteiger charge is 2.39.